The Kier molecular flexibility index (Phi) is 11.8. The maximum absolute atomic E-state index is 10.8. The quantitative estimate of drug-likeness (QED) is 0.270. The molecule has 0 radical (unpaired) electrons. The van der Waals surface area contributed by atoms with Gasteiger partial charge in [0.05, 0.1) is 30.8 Å². The highest BCUT2D eigenvalue weighted by Gasteiger charge is 2.39. The number of ether oxygens (including phenoxy) is 1. The SMILES string of the molecule is CCCCC[C@H](O)/C=C/[C@H]1[C@@H](CCCC[C@@H](CC(=O)O)OC)[C@@H](O)C[C@H]1O. The predicted octanol–water partition coefficient (Wildman–Crippen LogP) is 2.89. The van der Waals surface area contributed by atoms with Gasteiger partial charge < -0.3 is 25.2 Å². The van der Waals surface area contributed by atoms with E-state index in [1.54, 1.807) is 6.08 Å². The highest BCUT2D eigenvalue weighted by atomic mass is 16.5. The van der Waals surface area contributed by atoms with E-state index >= 15 is 0 Å². The maximum Gasteiger partial charge on any atom is 0.305 e. The number of hydrogen-bond donors (Lipinski definition) is 4. The lowest BCUT2D eigenvalue weighted by molar-refractivity contribution is -0.139. The minimum absolute atomic E-state index is 0.00253. The molecule has 0 aromatic rings. The van der Waals surface area contributed by atoms with Crippen LogP contribution in [0.5, 0.6) is 0 Å². The molecule has 1 aliphatic carbocycles. The fourth-order valence-corrected chi connectivity index (χ4v) is 3.98. The standard InChI is InChI=1S/C21H38O6/c1-3-4-5-8-15(22)11-12-18-17(19(23)14-20(18)24)10-7-6-9-16(27-2)13-21(25)26/h11-12,15-20,22-24H,3-10,13-14H2,1-2H3,(H,25,26)/b12-11+/t15-,16-,17+,18-,19-,20+/m0/s1. The Morgan fingerprint density at radius 3 is 2.48 bits per heavy atom. The number of rotatable bonds is 14. The van der Waals surface area contributed by atoms with Crippen LogP contribution < -0.4 is 0 Å². The Morgan fingerprint density at radius 1 is 1.15 bits per heavy atom. The predicted molar refractivity (Wildman–Crippen MR) is 104 cm³/mol. The Morgan fingerprint density at radius 2 is 1.85 bits per heavy atom. The first-order valence-corrected chi connectivity index (χ1v) is 10.4. The number of aliphatic carboxylic acids is 1. The van der Waals surface area contributed by atoms with Crippen LogP contribution >= 0.6 is 0 Å². The molecule has 1 aliphatic rings. The van der Waals surface area contributed by atoms with Gasteiger partial charge in [-0.3, -0.25) is 4.79 Å². The van der Waals surface area contributed by atoms with E-state index in [9.17, 15) is 20.1 Å². The molecule has 0 amide bonds. The topological polar surface area (TPSA) is 107 Å². The van der Waals surface area contributed by atoms with Crippen LogP contribution in [0, 0.1) is 11.8 Å². The molecule has 0 heterocycles. The van der Waals surface area contributed by atoms with Crippen LogP contribution in [-0.4, -0.2) is 57.9 Å². The van der Waals surface area contributed by atoms with E-state index < -0.39 is 24.3 Å². The largest absolute Gasteiger partial charge is 0.481 e. The Hall–Kier alpha value is -0.950. The first-order chi connectivity index (χ1) is 12.9. The van der Waals surface area contributed by atoms with Gasteiger partial charge in [-0.25, -0.2) is 0 Å². The number of carboxylic acids is 1. The van der Waals surface area contributed by atoms with Crippen LogP contribution in [0.3, 0.4) is 0 Å². The third kappa shape index (κ3) is 9.19. The van der Waals surface area contributed by atoms with Crippen molar-refractivity contribution in [1.29, 1.82) is 0 Å². The van der Waals surface area contributed by atoms with Gasteiger partial charge >= 0.3 is 5.97 Å². The van der Waals surface area contributed by atoms with Crippen molar-refractivity contribution < 1.29 is 30.0 Å². The zero-order valence-electron chi connectivity index (χ0n) is 16.8. The molecule has 0 unspecified atom stereocenters. The summed E-state index contributed by atoms with van der Waals surface area (Å²) in [6, 6.07) is 0. The third-order valence-corrected chi connectivity index (χ3v) is 5.62. The zero-order chi connectivity index (χ0) is 20.2. The molecule has 158 valence electrons. The highest BCUT2D eigenvalue weighted by molar-refractivity contribution is 5.67. The van der Waals surface area contributed by atoms with Gasteiger partial charge in [0.25, 0.3) is 0 Å². The third-order valence-electron chi connectivity index (χ3n) is 5.62. The lowest BCUT2D eigenvalue weighted by Gasteiger charge is -2.21. The maximum atomic E-state index is 10.8. The van der Waals surface area contributed by atoms with Crippen LogP contribution in [0.25, 0.3) is 0 Å². The monoisotopic (exact) mass is 386 g/mol. The molecule has 0 spiro atoms. The van der Waals surface area contributed by atoms with E-state index in [-0.39, 0.29) is 24.4 Å². The molecule has 27 heavy (non-hydrogen) atoms. The van der Waals surface area contributed by atoms with Crippen molar-refractivity contribution in [2.45, 2.75) is 95.5 Å². The van der Waals surface area contributed by atoms with Crippen molar-refractivity contribution in [2.75, 3.05) is 7.11 Å². The number of unbranched alkanes of at least 4 members (excludes halogenated alkanes) is 3. The van der Waals surface area contributed by atoms with Gasteiger partial charge in [0, 0.05) is 19.4 Å². The number of methoxy groups -OCH3 is 1. The molecule has 1 saturated carbocycles. The second-order valence-electron chi connectivity index (χ2n) is 7.80. The van der Waals surface area contributed by atoms with Crippen LogP contribution in [0.1, 0.15) is 71.1 Å². The molecule has 0 aromatic carbocycles. The number of aliphatic hydroxyl groups is 3. The van der Waals surface area contributed by atoms with Gasteiger partial charge in [-0.05, 0) is 25.2 Å². The van der Waals surface area contributed by atoms with Gasteiger partial charge in [-0.1, -0.05) is 51.2 Å². The fourth-order valence-electron chi connectivity index (χ4n) is 3.98. The van der Waals surface area contributed by atoms with E-state index in [0.29, 0.717) is 12.8 Å². The summed E-state index contributed by atoms with van der Waals surface area (Å²) in [5, 5.41) is 39.4. The summed E-state index contributed by atoms with van der Waals surface area (Å²) in [6.45, 7) is 2.12. The summed E-state index contributed by atoms with van der Waals surface area (Å²) in [4.78, 5) is 10.8. The summed E-state index contributed by atoms with van der Waals surface area (Å²) in [6.07, 6.45) is 9.14. The van der Waals surface area contributed by atoms with Gasteiger partial charge in [0.2, 0.25) is 0 Å². The number of carbonyl (C=O) groups is 1. The first kappa shape index (κ1) is 24.1. The summed E-state index contributed by atoms with van der Waals surface area (Å²) in [5.74, 6) is -1.03. The molecule has 1 fully saturated rings. The van der Waals surface area contributed by atoms with Crippen LogP contribution in [-0.2, 0) is 9.53 Å². The molecule has 6 atom stereocenters. The fraction of sp³-hybridized carbons (Fsp3) is 0.857. The van der Waals surface area contributed by atoms with E-state index in [1.807, 2.05) is 6.08 Å². The van der Waals surface area contributed by atoms with Crippen molar-refractivity contribution in [3.63, 3.8) is 0 Å². The summed E-state index contributed by atoms with van der Waals surface area (Å²) in [7, 11) is 1.53. The molecule has 6 nitrogen and oxygen atoms in total. The van der Waals surface area contributed by atoms with Crippen LogP contribution in [0.4, 0.5) is 0 Å². The molecule has 0 saturated heterocycles. The van der Waals surface area contributed by atoms with Crippen LogP contribution in [0.2, 0.25) is 0 Å². The number of hydrogen-bond acceptors (Lipinski definition) is 5. The molecule has 1 rings (SSSR count). The molecular weight excluding hydrogens is 348 g/mol. The second-order valence-corrected chi connectivity index (χ2v) is 7.80. The Balaban J connectivity index is 2.45. The molecular formula is C21H38O6. The van der Waals surface area contributed by atoms with Crippen molar-refractivity contribution in [3.05, 3.63) is 12.2 Å². The van der Waals surface area contributed by atoms with Crippen molar-refractivity contribution in [3.8, 4) is 0 Å². The van der Waals surface area contributed by atoms with E-state index in [1.165, 1.54) is 7.11 Å². The summed E-state index contributed by atoms with van der Waals surface area (Å²) >= 11 is 0. The lowest BCUT2D eigenvalue weighted by Crippen LogP contribution is -2.21. The summed E-state index contributed by atoms with van der Waals surface area (Å²) in [5.41, 5.74) is 0. The number of carboxylic acid groups (broad SMARTS) is 1. The lowest BCUT2D eigenvalue weighted by atomic mass is 9.87. The smallest absolute Gasteiger partial charge is 0.305 e. The normalized spacial score (nSPS) is 27.9. The van der Waals surface area contributed by atoms with Crippen LogP contribution in [0.15, 0.2) is 12.2 Å². The van der Waals surface area contributed by atoms with Gasteiger partial charge in [0.15, 0.2) is 0 Å². The van der Waals surface area contributed by atoms with Gasteiger partial charge in [-0.2, -0.15) is 0 Å². The van der Waals surface area contributed by atoms with Crippen molar-refractivity contribution >= 4 is 5.97 Å². The van der Waals surface area contributed by atoms with Gasteiger partial charge in [0.1, 0.15) is 0 Å². The Bertz CT molecular complexity index is 438. The Labute approximate surface area is 163 Å². The minimum atomic E-state index is -0.862. The van der Waals surface area contributed by atoms with E-state index in [2.05, 4.69) is 6.92 Å². The van der Waals surface area contributed by atoms with Crippen molar-refractivity contribution in [2.24, 2.45) is 11.8 Å². The van der Waals surface area contributed by atoms with Gasteiger partial charge in [-0.15, -0.1) is 0 Å². The molecule has 0 aliphatic heterocycles. The molecule has 6 heteroatoms. The van der Waals surface area contributed by atoms with E-state index in [4.69, 9.17) is 9.84 Å². The molecule has 0 aromatic heterocycles. The average molecular weight is 387 g/mol. The zero-order valence-corrected chi connectivity index (χ0v) is 16.8. The minimum Gasteiger partial charge on any atom is -0.481 e. The molecule has 0 bridgehead atoms. The van der Waals surface area contributed by atoms with Crippen molar-refractivity contribution in [1.82, 2.24) is 0 Å². The number of aliphatic hydroxyl groups excluding tert-OH is 3. The van der Waals surface area contributed by atoms with E-state index in [0.717, 1.165) is 44.9 Å². The highest BCUT2D eigenvalue weighted by Crippen LogP contribution is 2.37. The second kappa shape index (κ2) is 13.3. The summed E-state index contributed by atoms with van der Waals surface area (Å²) < 4.78 is 5.19. The molecule has 4 N–H and O–H groups in total. The average Bonchev–Trinajstić information content (AvgIpc) is 2.88. The first-order valence-electron chi connectivity index (χ1n) is 10.4.